The fourth-order valence-electron chi connectivity index (χ4n) is 1.98. The summed E-state index contributed by atoms with van der Waals surface area (Å²) < 4.78 is 2.73. The topological polar surface area (TPSA) is 59.8 Å². The molecule has 1 amide bonds. The van der Waals surface area contributed by atoms with Gasteiger partial charge in [0.2, 0.25) is 11.9 Å². The van der Waals surface area contributed by atoms with Gasteiger partial charge in [-0.3, -0.25) is 10.1 Å². The molecule has 1 aromatic carbocycles. The molecule has 1 unspecified atom stereocenters. The number of hydrogen-bond donors (Lipinski definition) is 1. The molecule has 17 heavy (non-hydrogen) atoms. The van der Waals surface area contributed by atoms with Crippen molar-refractivity contribution in [3.63, 3.8) is 0 Å². The van der Waals surface area contributed by atoms with Crippen LogP contribution in [0.3, 0.4) is 0 Å². The number of aromatic nitrogens is 3. The Morgan fingerprint density at radius 3 is 3.18 bits per heavy atom. The molecular weight excluding hydrogens is 284 g/mol. The van der Waals surface area contributed by atoms with Gasteiger partial charge in [-0.15, -0.1) is 0 Å². The summed E-state index contributed by atoms with van der Waals surface area (Å²) in [5.41, 5.74) is 1.04. The van der Waals surface area contributed by atoms with Gasteiger partial charge < -0.3 is 0 Å². The Balaban J connectivity index is 2.08. The van der Waals surface area contributed by atoms with E-state index in [4.69, 9.17) is 0 Å². The molecule has 1 aromatic heterocycles. The molecule has 0 fully saturated rings. The van der Waals surface area contributed by atoms with Crippen LogP contribution in [0.15, 0.2) is 35.1 Å². The van der Waals surface area contributed by atoms with Crippen LogP contribution in [-0.2, 0) is 4.79 Å². The average molecular weight is 293 g/mol. The summed E-state index contributed by atoms with van der Waals surface area (Å²) in [5.74, 6) is 0.474. The quantitative estimate of drug-likeness (QED) is 0.874. The van der Waals surface area contributed by atoms with Gasteiger partial charge in [0.05, 0.1) is 12.5 Å². The molecular formula is C11H9BrN4O. The summed E-state index contributed by atoms with van der Waals surface area (Å²) in [6, 6.07) is 7.80. The predicted octanol–water partition coefficient (Wildman–Crippen LogP) is 1.97. The molecule has 1 aliphatic rings. The lowest BCUT2D eigenvalue weighted by Gasteiger charge is -2.23. The van der Waals surface area contributed by atoms with Crippen LogP contribution >= 0.6 is 15.9 Å². The van der Waals surface area contributed by atoms with Crippen LogP contribution in [0.1, 0.15) is 18.0 Å². The average Bonchev–Trinajstić information content (AvgIpc) is 2.75. The standard InChI is InChI=1S/C11H9BrN4O/c12-8-3-1-2-7(4-8)9-5-10(17)15-11-13-6-14-16(9)11/h1-4,6,9H,5H2,(H,13,14,15,17). The second-order valence-corrected chi connectivity index (χ2v) is 4.77. The monoisotopic (exact) mass is 292 g/mol. The molecule has 0 spiro atoms. The minimum atomic E-state index is -0.0845. The molecule has 5 nitrogen and oxygen atoms in total. The fourth-order valence-corrected chi connectivity index (χ4v) is 2.40. The van der Waals surface area contributed by atoms with E-state index < -0.39 is 0 Å². The molecule has 3 rings (SSSR count). The summed E-state index contributed by atoms with van der Waals surface area (Å²) in [6.45, 7) is 0. The maximum Gasteiger partial charge on any atom is 0.229 e. The molecule has 0 saturated carbocycles. The second kappa shape index (κ2) is 3.96. The SMILES string of the molecule is O=C1CC(c2cccc(Br)c2)n2ncnc2N1. The van der Waals surface area contributed by atoms with E-state index in [0.717, 1.165) is 10.0 Å². The van der Waals surface area contributed by atoms with E-state index in [2.05, 4.69) is 31.3 Å². The Hall–Kier alpha value is -1.69. The molecule has 0 radical (unpaired) electrons. The van der Waals surface area contributed by atoms with Crippen LogP contribution in [-0.4, -0.2) is 20.7 Å². The van der Waals surface area contributed by atoms with Crippen molar-refractivity contribution < 1.29 is 4.79 Å². The lowest BCUT2D eigenvalue weighted by atomic mass is 10.0. The Morgan fingerprint density at radius 1 is 1.47 bits per heavy atom. The van der Waals surface area contributed by atoms with Crippen molar-refractivity contribution in [3.8, 4) is 0 Å². The van der Waals surface area contributed by atoms with Gasteiger partial charge in [-0.2, -0.15) is 10.1 Å². The first kappa shape index (κ1) is 10.5. The highest BCUT2D eigenvalue weighted by molar-refractivity contribution is 9.10. The first-order chi connectivity index (χ1) is 8.24. The van der Waals surface area contributed by atoms with Gasteiger partial charge in [-0.1, -0.05) is 28.1 Å². The van der Waals surface area contributed by atoms with Crippen molar-refractivity contribution in [3.05, 3.63) is 40.6 Å². The third-order valence-electron chi connectivity index (χ3n) is 2.73. The first-order valence-corrected chi connectivity index (χ1v) is 5.98. The molecule has 1 N–H and O–H groups in total. The van der Waals surface area contributed by atoms with Crippen LogP contribution in [0.2, 0.25) is 0 Å². The zero-order valence-corrected chi connectivity index (χ0v) is 10.4. The van der Waals surface area contributed by atoms with E-state index in [9.17, 15) is 4.79 Å². The number of benzene rings is 1. The summed E-state index contributed by atoms with van der Waals surface area (Å²) in [4.78, 5) is 15.6. The minimum absolute atomic E-state index is 0.0320. The molecule has 0 saturated heterocycles. The van der Waals surface area contributed by atoms with Crippen LogP contribution in [0.25, 0.3) is 0 Å². The molecule has 1 aliphatic heterocycles. The molecule has 0 aliphatic carbocycles. The van der Waals surface area contributed by atoms with Crippen molar-refractivity contribution in [2.45, 2.75) is 12.5 Å². The highest BCUT2D eigenvalue weighted by atomic mass is 79.9. The summed E-state index contributed by atoms with van der Waals surface area (Å²) in [7, 11) is 0. The number of amides is 1. The van der Waals surface area contributed by atoms with E-state index in [1.807, 2.05) is 24.3 Å². The minimum Gasteiger partial charge on any atom is -0.295 e. The molecule has 0 bridgehead atoms. The van der Waals surface area contributed by atoms with E-state index in [1.165, 1.54) is 6.33 Å². The van der Waals surface area contributed by atoms with E-state index in [-0.39, 0.29) is 11.9 Å². The van der Waals surface area contributed by atoms with Crippen molar-refractivity contribution in [2.75, 3.05) is 5.32 Å². The molecule has 86 valence electrons. The van der Waals surface area contributed by atoms with Crippen LogP contribution in [0, 0.1) is 0 Å². The normalized spacial score (nSPS) is 18.6. The molecule has 2 heterocycles. The lowest BCUT2D eigenvalue weighted by Crippen LogP contribution is -2.29. The Bertz CT molecular complexity index is 580. The first-order valence-electron chi connectivity index (χ1n) is 5.19. The number of carbonyl (C=O) groups is 1. The number of nitrogens with one attached hydrogen (secondary N) is 1. The van der Waals surface area contributed by atoms with Gasteiger partial charge in [-0.25, -0.2) is 4.68 Å². The highest BCUT2D eigenvalue weighted by Gasteiger charge is 2.27. The Morgan fingerprint density at radius 2 is 2.35 bits per heavy atom. The Kier molecular flexibility index (Phi) is 2.44. The maximum atomic E-state index is 11.6. The Labute approximate surface area is 106 Å². The van der Waals surface area contributed by atoms with Crippen LogP contribution < -0.4 is 5.32 Å². The number of nitrogens with zero attached hydrogens (tertiary/aromatic N) is 3. The molecule has 2 aromatic rings. The largest absolute Gasteiger partial charge is 0.295 e. The molecule has 1 atom stereocenters. The number of halogens is 1. The van der Waals surface area contributed by atoms with Crippen molar-refractivity contribution in [2.24, 2.45) is 0 Å². The van der Waals surface area contributed by atoms with Gasteiger partial charge >= 0.3 is 0 Å². The van der Waals surface area contributed by atoms with Gasteiger partial charge in [-0.05, 0) is 17.7 Å². The second-order valence-electron chi connectivity index (χ2n) is 3.85. The zero-order valence-electron chi connectivity index (χ0n) is 8.80. The summed E-state index contributed by atoms with van der Waals surface area (Å²) in [5, 5.41) is 6.85. The number of hydrogen-bond acceptors (Lipinski definition) is 3. The summed E-state index contributed by atoms with van der Waals surface area (Å²) in [6.07, 6.45) is 1.83. The number of fused-ring (bicyclic) bond motifs is 1. The van der Waals surface area contributed by atoms with Crippen molar-refractivity contribution in [1.82, 2.24) is 14.8 Å². The number of carbonyl (C=O) groups excluding carboxylic acids is 1. The maximum absolute atomic E-state index is 11.6. The van der Waals surface area contributed by atoms with Crippen molar-refractivity contribution in [1.29, 1.82) is 0 Å². The smallest absolute Gasteiger partial charge is 0.229 e. The van der Waals surface area contributed by atoms with Gasteiger partial charge in [0, 0.05) is 4.47 Å². The van der Waals surface area contributed by atoms with Crippen molar-refractivity contribution >= 4 is 27.8 Å². The predicted molar refractivity (Wildman–Crippen MR) is 65.5 cm³/mol. The van der Waals surface area contributed by atoms with Gasteiger partial charge in [0.1, 0.15) is 6.33 Å². The number of rotatable bonds is 1. The third kappa shape index (κ3) is 1.84. The van der Waals surface area contributed by atoms with Crippen LogP contribution in [0.5, 0.6) is 0 Å². The van der Waals surface area contributed by atoms with Gasteiger partial charge in [0.25, 0.3) is 0 Å². The fraction of sp³-hybridized carbons (Fsp3) is 0.182. The highest BCUT2D eigenvalue weighted by Crippen LogP contribution is 2.29. The summed E-state index contributed by atoms with van der Waals surface area (Å²) >= 11 is 3.43. The third-order valence-corrected chi connectivity index (χ3v) is 3.22. The molecule has 6 heteroatoms. The zero-order chi connectivity index (χ0) is 11.8. The van der Waals surface area contributed by atoms with E-state index in [0.29, 0.717) is 12.4 Å². The van der Waals surface area contributed by atoms with Gasteiger partial charge in [0.15, 0.2) is 0 Å². The lowest BCUT2D eigenvalue weighted by molar-refractivity contribution is -0.117. The van der Waals surface area contributed by atoms with E-state index in [1.54, 1.807) is 4.68 Å². The number of anilines is 1. The van der Waals surface area contributed by atoms with E-state index >= 15 is 0 Å². The van der Waals surface area contributed by atoms with Crippen LogP contribution in [0.4, 0.5) is 5.95 Å².